The van der Waals surface area contributed by atoms with Crippen LogP contribution in [0.5, 0.6) is 17.2 Å². The van der Waals surface area contributed by atoms with Crippen LogP contribution < -0.4 is 24.2 Å². The molecule has 3 aromatic rings. The van der Waals surface area contributed by atoms with Crippen LogP contribution in [0.4, 0.5) is 11.4 Å². The third kappa shape index (κ3) is 7.14. The Morgan fingerprint density at radius 2 is 1.53 bits per heavy atom. The summed E-state index contributed by atoms with van der Waals surface area (Å²) in [5.41, 5.74) is 2.72. The lowest BCUT2D eigenvalue weighted by molar-refractivity contribution is -0.116. The zero-order valence-electron chi connectivity index (χ0n) is 21.0. The van der Waals surface area contributed by atoms with E-state index in [1.54, 1.807) is 24.3 Å². The predicted octanol–water partition coefficient (Wildman–Crippen LogP) is 5.17. The number of aryl methyl sites for hydroxylation is 2. The first-order chi connectivity index (χ1) is 17.2. The lowest BCUT2D eigenvalue weighted by Gasteiger charge is -2.13. The second-order valence-corrected chi connectivity index (χ2v) is 9.71. The van der Waals surface area contributed by atoms with Gasteiger partial charge in [-0.1, -0.05) is 12.1 Å². The van der Waals surface area contributed by atoms with Crippen LogP contribution >= 0.6 is 0 Å². The van der Waals surface area contributed by atoms with Crippen LogP contribution in [0.3, 0.4) is 0 Å². The maximum absolute atomic E-state index is 12.8. The molecule has 0 spiro atoms. The number of anilines is 2. The number of benzene rings is 3. The minimum Gasteiger partial charge on any atom is -0.495 e. The maximum atomic E-state index is 12.8. The van der Waals surface area contributed by atoms with E-state index in [-0.39, 0.29) is 17.2 Å². The highest BCUT2D eigenvalue weighted by Crippen LogP contribution is 2.30. The zero-order valence-corrected chi connectivity index (χ0v) is 21.8. The number of methoxy groups -OCH3 is 1. The Labute approximate surface area is 212 Å². The van der Waals surface area contributed by atoms with Crippen LogP contribution in [0.1, 0.15) is 31.4 Å². The van der Waals surface area contributed by atoms with E-state index in [2.05, 4.69) is 10.0 Å². The van der Waals surface area contributed by atoms with Crippen molar-refractivity contribution in [3.05, 3.63) is 71.8 Å². The Bertz CT molecular complexity index is 1290. The van der Waals surface area contributed by atoms with Gasteiger partial charge in [0, 0.05) is 12.1 Å². The number of rotatable bonds is 12. The van der Waals surface area contributed by atoms with Crippen molar-refractivity contribution < 1.29 is 27.4 Å². The summed E-state index contributed by atoms with van der Waals surface area (Å²) in [6.07, 6.45) is 0.779. The van der Waals surface area contributed by atoms with Crippen molar-refractivity contribution >= 4 is 27.3 Å². The molecule has 0 radical (unpaired) electrons. The molecule has 0 fully saturated rings. The van der Waals surface area contributed by atoms with Gasteiger partial charge in [0.15, 0.2) is 11.5 Å². The van der Waals surface area contributed by atoms with Crippen molar-refractivity contribution in [3.8, 4) is 17.2 Å². The van der Waals surface area contributed by atoms with Crippen LogP contribution in [0, 0.1) is 6.92 Å². The molecule has 0 heterocycles. The van der Waals surface area contributed by atoms with Gasteiger partial charge >= 0.3 is 0 Å². The summed E-state index contributed by atoms with van der Waals surface area (Å²) in [6, 6.07) is 16.9. The molecule has 0 aliphatic heterocycles. The van der Waals surface area contributed by atoms with E-state index in [1.165, 1.54) is 19.2 Å². The van der Waals surface area contributed by atoms with Crippen LogP contribution in [-0.4, -0.2) is 34.6 Å². The lowest BCUT2D eigenvalue weighted by Crippen LogP contribution is -2.15. The Morgan fingerprint density at radius 1 is 0.861 bits per heavy atom. The molecule has 2 N–H and O–H groups in total. The van der Waals surface area contributed by atoms with Gasteiger partial charge in [0.1, 0.15) is 5.75 Å². The summed E-state index contributed by atoms with van der Waals surface area (Å²) in [7, 11) is -2.36. The van der Waals surface area contributed by atoms with Gasteiger partial charge in [-0.3, -0.25) is 9.52 Å². The molecule has 8 nitrogen and oxygen atoms in total. The standard InChI is InChI=1S/C27H32N2O6S/c1-5-34-25-15-8-20(18-26(25)35-6-2)9-16-27(30)28-21-10-12-22(13-11-21)36(31,32)29-23-17-19(3)7-14-24(23)33-4/h7-8,10-15,17-18,29H,5-6,9,16H2,1-4H3,(H,28,30). The first-order valence-corrected chi connectivity index (χ1v) is 13.2. The van der Waals surface area contributed by atoms with Crippen LogP contribution in [-0.2, 0) is 21.2 Å². The fourth-order valence-corrected chi connectivity index (χ4v) is 4.62. The van der Waals surface area contributed by atoms with E-state index < -0.39 is 10.0 Å². The van der Waals surface area contributed by atoms with E-state index in [1.807, 2.05) is 45.0 Å². The van der Waals surface area contributed by atoms with E-state index in [0.717, 1.165) is 11.1 Å². The summed E-state index contributed by atoms with van der Waals surface area (Å²) in [4.78, 5) is 12.6. The number of carbonyl (C=O) groups excluding carboxylic acids is 1. The molecular formula is C27H32N2O6S. The van der Waals surface area contributed by atoms with E-state index in [0.29, 0.717) is 48.3 Å². The first-order valence-electron chi connectivity index (χ1n) is 11.7. The SMILES string of the molecule is CCOc1ccc(CCC(=O)Nc2ccc(S(=O)(=O)Nc3cc(C)ccc3OC)cc2)cc1OCC. The van der Waals surface area contributed by atoms with Crippen molar-refractivity contribution in [3.63, 3.8) is 0 Å². The normalized spacial score (nSPS) is 11.0. The average molecular weight is 513 g/mol. The van der Waals surface area contributed by atoms with Crippen molar-refractivity contribution in [2.75, 3.05) is 30.4 Å². The van der Waals surface area contributed by atoms with E-state index >= 15 is 0 Å². The van der Waals surface area contributed by atoms with Gasteiger partial charge in [-0.05, 0) is 86.8 Å². The van der Waals surface area contributed by atoms with Crippen molar-refractivity contribution in [2.45, 2.75) is 38.5 Å². The quantitative estimate of drug-likeness (QED) is 0.347. The van der Waals surface area contributed by atoms with Crippen LogP contribution in [0.2, 0.25) is 0 Å². The van der Waals surface area contributed by atoms with Gasteiger partial charge < -0.3 is 19.5 Å². The minimum absolute atomic E-state index is 0.0712. The molecule has 36 heavy (non-hydrogen) atoms. The second-order valence-electron chi connectivity index (χ2n) is 8.03. The van der Waals surface area contributed by atoms with Gasteiger partial charge in [-0.15, -0.1) is 0 Å². The molecule has 0 aliphatic carbocycles. The Morgan fingerprint density at radius 3 is 2.19 bits per heavy atom. The van der Waals surface area contributed by atoms with Gasteiger partial charge in [0.2, 0.25) is 5.91 Å². The van der Waals surface area contributed by atoms with Gasteiger partial charge in [-0.25, -0.2) is 8.42 Å². The molecular weight excluding hydrogens is 480 g/mol. The molecule has 0 saturated carbocycles. The highest BCUT2D eigenvalue weighted by Gasteiger charge is 2.17. The van der Waals surface area contributed by atoms with Gasteiger partial charge in [0.05, 0.1) is 30.9 Å². The minimum atomic E-state index is -3.84. The highest BCUT2D eigenvalue weighted by molar-refractivity contribution is 7.92. The summed E-state index contributed by atoms with van der Waals surface area (Å²) in [6.45, 7) is 6.74. The van der Waals surface area contributed by atoms with Crippen LogP contribution in [0.25, 0.3) is 0 Å². The summed E-state index contributed by atoms with van der Waals surface area (Å²) in [5, 5.41) is 2.81. The number of ether oxygens (including phenoxy) is 3. The number of sulfonamides is 1. The Hall–Kier alpha value is -3.72. The average Bonchev–Trinajstić information content (AvgIpc) is 2.85. The molecule has 0 saturated heterocycles. The smallest absolute Gasteiger partial charge is 0.262 e. The van der Waals surface area contributed by atoms with Crippen molar-refractivity contribution in [1.29, 1.82) is 0 Å². The molecule has 3 aromatic carbocycles. The monoisotopic (exact) mass is 512 g/mol. The van der Waals surface area contributed by atoms with Crippen LogP contribution in [0.15, 0.2) is 65.6 Å². The fourth-order valence-electron chi connectivity index (χ4n) is 3.56. The predicted molar refractivity (Wildman–Crippen MR) is 141 cm³/mol. The molecule has 0 aliphatic rings. The molecule has 0 atom stereocenters. The zero-order chi connectivity index (χ0) is 26.1. The summed E-state index contributed by atoms with van der Waals surface area (Å²) < 4.78 is 44.7. The number of hydrogen-bond donors (Lipinski definition) is 2. The highest BCUT2D eigenvalue weighted by atomic mass is 32.2. The topological polar surface area (TPSA) is 103 Å². The molecule has 3 rings (SSSR count). The number of amides is 1. The molecule has 0 bridgehead atoms. The number of nitrogens with one attached hydrogen (secondary N) is 2. The summed E-state index contributed by atoms with van der Waals surface area (Å²) >= 11 is 0. The molecule has 9 heteroatoms. The largest absolute Gasteiger partial charge is 0.495 e. The van der Waals surface area contributed by atoms with Gasteiger partial charge in [0.25, 0.3) is 10.0 Å². The number of hydrogen-bond acceptors (Lipinski definition) is 6. The van der Waals surface area contributed by atoms with Crippen molar-refractivity contribution in [2.24, 2.45) is 0 Å². The maximum Gasteiger partial charge on any atom is 0.262 e. The second kappa shape index (κ2) is 12.3. The van der Waals surface area contributed by atoms with E-state index in [4.69, 9.17) is 14.2 Å². The third-order valence-electron chi connectivity index (χ3n) is 5.30. The molecule has 192 valence electrons. The molecule has 0 aromatic heterocycles. The number of carbonyl (C=O) groups is 1. The fraction of sp³-hybridized carbons (Fsp3) is 0.296. The van der Waals surface area contributed by atoms with Crippen molar-refractivity contribution in [1.82, 2.24) is 0 Å². The third-order valence-corrected chi connectivity index (χ3v) is 6.68. The molecule has 1 amide bonds. The lowest BCUT2D eigenvalue weighted by atomic mass is 10.1. The van der Waals surface area contributed by atoms with Gasteiger partial charge in [-0.2, -0.15) is 0 Å². The van der Waals surface area contributed by atoms with E-state index in [9.17, 15) is 13.2 Å². The Balaban J connectivity index is 1.61. The summed E-state index contributed by atoms with van der Waals surface area (Å²) in [5.74, 6) is 1.58. The Kier molecular flexibility index (Phi) is 9.19. The first kappa shape index (κ1) is 26.9. The molecule has 0 unspecified atom stereocenters.